The highest BCUT2D eigenvalue weighted by molar-refractivity contribution is 7.12. The lowest BCUT2D eigenvalue weighted by Gasteiger charge is -2.52. The van der Waals surface area contributed by atoms with E-state index >= 15 is 0 Å². The molecule has 0 saturated carbocycles. The second-order valence-electron chi connectivity index (χ2n) is 9.26. The van der Waals surface area contributed by atoms with Crippen LogP contribution < -0.4 is 5.11 Å². The van der Waals surface area contributed by atoms with Crippen molar-refractivity contribution in [3.05, 3.63) is 67.2 Å². The summed E-state index contributed by atoms with van der Waals surface area (Å²) < 4.78 is 38.7. The zero-order valence-electron chi connectivity index (χ0n) is 19.7. The van der Waals surface area contributed by atoms with Crippen molar-refractivity contribution < 1.29 is 42.2 Å². The van der Waals surface area contributed by atoms with Crippen molar-refractivity contribution in [3.8, 4) is 0 Å². The summed E-state index contributed by atoms with van der Waals surface area (Å²) in [6, 6.07) is 11.7. The van der Waals surface area contributed by atoms with Gasteiger partial charge in [0.05, 0.1) is 29.4 Å². The van der Waals surface area contributed by atoms with Crippen molar-refractivity contribution in [2.45, 2.75) is 37.1 Å². The lowest BCUT2D eigenvalue weighted by molar-refractivity contribution is -0.946. The molecule has 3 saturated heterocycles. The molecule has 3 aliphatic rings. The van der Waals surface area contributed by atoms with Crippen LogP contribution >= 0.6 is 34.0 Å². The van der Waals surface area contributed by atoms with E-state index < -0.39 is 23.7 Å². The molecule has 0 aliphatic carbocycles. The molecule has 0 amide bonds. The largest absolute Gasteiger partial charge is 0.542 e. The topological polar surface area (TPSA) is 86.7 Å². The summed E-state index contributed by atoms with van der Waals surface area (Å²) in [5.41, 5.74) is -1.71. The molecule has 6 rings (SSSR count). The average molecular weight is 574 g/mol. The highest BCUT2D eigenvalue weighted by Gasteiger charge is 2.51. The number of fused-ring (bicyclic) bond motifs is 3. The van der Waals surface area contributed by atoms with Gasteiger partial charge in [-0.2, -0.15) is 13.2 Å². The number of alkyl halides is 3. The number of esters is 1. The number of thiophene rings is 3. The number of piperidine rings is 3. The standard InChI is InChI=1S/C23H26NO3S3.C2HF3O2/c25-22(23(26,20-5-2-14-29-20)21-6-3-15-30-21)27-19-16-24(10-7-17(19)8-11-24)12-9-18-4-1-13-28-18;3-2(4,5)1(6)7/h1-6,13-15,17,19,26H,7-12,16H2;(H,6,7)/q+1;/p-1/t17?,19-,24?;/m0./s1. The second kappa shape index (κ2) is 11.2. The van der Waals surface area contributed by atoms with Gasteiger partial charge in [0, 0.05) is 30.1 Å². The Labute approximate surface area is 224 Å². The molecule has 2 bridgehead atoms. The number of hydrogen-bond donors (Lipinski definition) is 1. The maximum Gasteiger partial charge on any atom is 0.430 e. The zero-order valence-corrected chi connectivity index (χ0v) is 22.1. The normalized spacial score (nSPS) is 23.2. The quantitative estimate of drug-likeness (QED) is 0.343. The number of quaternary nitrogens is 1. The van der Waals surface area contributed by atoms with E-state index in [2.05, 4.69) is 17.5 Å². The number of carbonyl (C=O) groups excluding carboxylic acids is 2. The van der Waals surface area contributed by atoms with Crippen LogP contribution in [0.5, 0.6) is 0 Å². The molecule has 3 aromatic rings. The van der Waals surface area contributed by atoms with Gasteiger partial charge in [0.15, 0.2) is 6.10 Å². The van der Waals surface area contributed by atoms with Gasteiger partial charge in [-0.15, -0.1) is 34.0 Å². The lowest BCUT2D eigenvalue weighted by atomic mass is 9.83. The van der Waals surface area contributed by atoms with Crippen molar-refractivity contribution in [2.24, 2.45) is 5.92 Å². The monoisotopic (exact) mass is 573 g/mol. The molecule has 12 heteroatoms. The molecule has 1 atom stereocenters. The number of carboxylic acid groups (broad SMARTS) is 1. The van der Waals surface area contributed by atoms with Crippen LogP contribution in [0.3, 0.4) is 0 Å². The maximum atomic E-state index is 13.4. The minimum Gasteiger partial charge on any atom is -0.542 e. The van der Waals surface area contributed by atoms with E-state index in [1.807, 2.05) is 46.4 Å². The molecule has 3 fully saturated rings. The Kier molecular flexibility index (Phi) is 8.44. The smallest absolute Gasteiger partial charge is 0.430 e. The van der Waals surface area contributed by atoms with Crippen molar-refractivity contribution in [1.29, 1.82) is 0 Å². The van der Waals surface area contributed by atoms with E-state index in [0.717, 1.165) is 36.8 Å². The highest BCUT2D eigenvalue weighted by Crippen LogP contribution is 2.40. The molecule has 37 heavy (non-hydrogen) atoms. The Morgan fingerprint density at radius 1 is 1.00 bits per heavy atom. The minimum atomic E-state index is -5.19. The van der Waals surface area contributed by atoms with Crippen LogP contribution in [0.25, 0.3) is 0 Å². The Balaban J connectivity index is 0.000000405. The first kappa shape index (κ1) is 27.8. The Hall–Kier alpha value is -2.25. The second-order valence-corrected chi connectivity index (χ2v) is 12.2. The minimum absolute atomic E-state index is 0.116. The van der Waals surface area contributed by atoms with Gasteiger partial charge >= 0.3 is 12.1 Å². The van der Waals surface area contributed by atoms with Crippen molar-refractivity contribution >= 4 is 45.9 Å². The third kappa shape index (κ3) is 6.26. The lowest BCUT2D eigenvalue weighted by Crippen LogP contribution is -2.65. The predicted octanol–water partition coefficient (Wildman–Crippen LogP) is 3.80. The molecular weight excluding hydrogens is 547 g/mol. The fourth-order valence-electron chi connectivity index (χ4n) is 4.99. The fourth-order valence-corrected chi connectivity index (χ4v) is 7.40. The van der Waals surface area contributed by atoms with Gasteiger partial charge in [0.25, 0.3) is 0 Å². The van der Waals surface area contributed by atoms with Crippen LogP contribution in [-0.2, 0) is 26.3 Å². The van der Waals surface area contributed by atoms with E-state index in [-0.39, 0.29) is 6.10 Å². The first-order valence-electron chi connectivity index (χ1n) is 11.7. The molecule has 3 aromatic heterocycles. The number of rotatable bonds is 7. The molecule has 0 aromatic carbocycles. The van der Waals surface area contributed by atoms with Gasteiger partial charge in [-0.25, -0.2) is 4.79 Å². The molecule has 1 N–H and O–H groups in total. The fraction of sp³-hybridized carbons (Fsp3) is 0.440. The molecule has 200 valence electrons. The van der Waals surface area contributed by atoms with Crippen LogP contribution in [0, 0.1) is 5.92 Å². The molecule has 6 heterocycles. The molecule has 0 radical (unpaired) electrons. The van der Waals surface area contributed by atoms with Crippen LogP contribution in [-0.4, -0.2) is 60.0 Å². The van der Waals surface area contributed by atoms with Crippen molar-refractivity contribution in [2.75, 3.05) is 26.2 Å². The summed E-state index contributed by atoms with van der Waals surface area (Å²) in [6.45, 7) is 4.31. The summed E-state index contributed by atoms with van der Waals surface area (Å²) in [6.07, 6.45) is -2.04. The van der Waals surface area contributed by atoms with E-state index in [1.54, 1.807) is 0 Å². The third-order valence-corrected chi connectivity index (χ3v) is 9.89. The van der Waals surface area contributed by atoms with Crippen LogP contribution in [0.4, 0.5) is 13.2 Å². The summed E-state index contributed by atoms with van der Waals surface area (Å²) in [5, 5.41) is 26.2. The van der Waals surface area contributed by atoms with Gasteiger partial charge in [-0.05, 0) is 34.3 Å². The van der Waals surface area contributed by atoms with Crippen molar-refractivity contribution in [1.82, 2.24) is 0 Å². The molecule has 3 aliphatic heterocycles. The van der Waals surface area contributed by atoms with Crippen molar-refractivity contribution in [3.63, 3.8) is 0 Å². The molecule has 0 spiro atoms. The van der Waals surface area contributed by atoms with E-state index in [1.165, 1.54) is 40.6 Å². The van der Waals surface area contributed by atoms with Gasteiger partial charge in [-0.1, -0.05) is 18.2 Å². The summed E-state index contributed by atoms with van der Waals surface area (Å²) in [5.74, 6) is -3.12. The number of aliphatic carboxylic acids is 1. The number of carboxylic acids is 1. The Bertz CT molecular complexity index is 1120. The number of ether oxygens (including phenoxy) is 1. The maximum absolute atomic E-state index is 13.4. The van der Waals surface area contributed by atoms with Gasteiger partial charge in [0.1, 0.15) is 12.5 Å². The number of carbonyl (C=O) groups is 2. The van der Waals surface area contributed by atoms with Crippen LogP contribution in [0.2, 0.25) is 0 Å². The number of hydrogen-bond acceptors (Lipinski definition) is 8. The number of nitrogens with zero attached hydrogens (tertiary/aromatic N) is 1. The predicted molar refractivity (Wildman–Crippen MR) is 133 cm³/mol. The van der Waals surface area contributed by atoms with E-state index in [0.29, 0.717) is 15.7 Å². The SMILES string of the molecule is O=C(O[C@H]1C[N+]2(CCc3cccs3)CCC1CC2)C(O)(c1cccs1)c1cccs1.O=C([O-])C(F)(F)F. The summed E-state index contributed by atoms with van der Waals surface area (Å²) >= 11 is 4.60. The first-order chi connectivity index (χ1) is 17.5. The first-order valence-corrected chi connectivity index (χ1v) is 14.3. The highest BCUT2D eigenvalue weighted by atomic mass is 32.1. The Morgan fingerprint density at radius 3 is 2.00 bits per heavy atom. The third-order valence-electron chi connectivity index (χ3n) is 6.99. The molecule has 6 nitrogen and oxygen atoms in total. The average Bonchev–Trinajstić information content (AvgIpc) is 3.66. The molecule has 0 unspecified atom stereocenters. The number of halogens is 3. The van der Waals surface area contributed by atoms with E-state index in [9.17, 15) is 23.1 Å². The van der Waals surface area contributed by atoms with Gasteiger partial charge in [0.2, 0.25) is 5.60 Å². The zero-order chi connectivity index (χ0) is 26.7. The number of aliphatic hydroxyl groups is 1. The van der Waals surface area contributed by atoms with Crippen LogP contribution in [0.1, 0.15) is 27.5 Å². The summed E-state index contributed by atoms with van der Waals surface area (Å²) in [7, 11) is 0. The van der Waals surface area contributed by atoms with Gasteiger partial charge < -0.3 is 24.2 Å². The summed E-state index contributed by atoms with van der Waals surface area (Å²) in [4.78, 5) is 24.8. The van der Waals surface area contributed by atoms with Crippen LogP contribution in [0.15, 0.2) is 52.5 Å². The van der Waals surface area contributed by atoms with E-state index in [4.69, 9.17) is 14.6 Å². The van der Waals surface area contributed by atoms with Gasteiger partial charge in [-0.3, -0.25) is 0 Å². The molecular formula is C25H26F3NO5S3. The Morgan fingerprint density at radius 2 is 1.54 bits per heavy atom.